The van der Waals surface area contributed by atoms with E-state index in [4.69, 9.17) is 16.3 Å². The van der Waals surface area contributed by atoms with Crippen LogP contribution < -0.4 is 10.3 Å². The van der Waals surface area contributed by atoms with Crippen LogP contribution in [0.1, 0.15) is 33.0 Å². The first kappa shape index (κ1) is 29.9. The normalized spacial score (nSPS) is 11.2. The minimum Gasteiger partial charge on any atom is -0.491 e. The molecular weight excluding hydrogens is 617 g/mol. The van der Waals surface area contributed by atoms with E-state index in [0.29, 0.717) is 54.6 Å². The molecule has 5 heterocycles. The summed E-state index contributed by atoms with van der Waals surface area (Å²) in [5.74, 6) is -1.15. The molecule has 1 aromatic carbocycles. The Labute approximate surface area is 264 Å². The Hall–Kier alpha value is -5.18. The summed E-state index contributed by atoms with van der Waals surface area (Å²) in [4.78, 5) is 38.5. The second-order valence-electron chi connectivity index (χ2n) is 10.4. The number of nitrogens with zero attached hydrogens (tertiary/aromatic N) is 5. The van der Waals surface area contributed by atoms with Crippen LogP contribution >= 0.6 is 22.9 Å². The quantitative estimate of drug-likeness (QED) is 0.196. The van der Waals surface area contributed by atoms with Crippen molar-refractivity contribution in [3.63, 3.8) is 0 Å². The van der Waals surface area contributed by atoms with Gasteiger partial charge in [-0.3, -0.25) is 19.7 Å². The van der Waals surface area contributed by atoms with E-state index in [1.165, 1.54) is 28.2 Å². The maximum absolute atomic E-state index is 14.1. The summed E-state index contributed by atoms with van der Waals surface area (Å²) in [6.07, 6.45) is 2.59. The van der Waals surface area contributed by atoms with Crippen LogP contribution in [0, 0.1) is 37.9 Å². The van der Waals surface area contributed by atoms with Gasteiger partial charge in [-0.05, 0) is 57.2 Å². The average Bonchev–Trinajstić information content (AvgIpc) is 3.44. The average molecular weight is 640 g/mol. The molecule has 0 amide bonds. The smallest absolute Gasteiger partial charge is 0.338 e. The number of rotatable bonds is 7. The molecule has 6 aromatic rings. The van der Waals surface area contributed by atoms with Crippen LogP contribution in [0.5, 0.6) is 5.75 Å². The number of nitriles is 1. The van der Waals surface area contributed by atoms with Crippen LogP contribution in [0.25, 0.3) is 43.4 Å². The molecule has 9 nitrogen and oxygen atoms in total. The highest BCUT2D eigenvalue weighted by Gasteiger charge is 2.21. The monoisotopic (exact) mass is 639 g/mol. The van der Waals surface area contributed by atoms with Crippen molar-refractivity contribution in [2.45, 2.75) is 27.3 Å². The highest BCUT2D eigenvalue weighted by atomic mass is 35.5. The number of carboxylic acids is 1. The number of fused-ring (bicyclic) bond motifs is 2. The highest BCUT2D eigenvalue weighted by molar-refractivity contribution is 7.18. The number of ether oxygens (including phenoxy) is 1. The lowest BCUT2D eigenvalue weighted by molar-refractivity contribution is 0.0699. The summed E-state index contributed by atoms with van der Waals surface area (Å²) in [7, 11) is 0. The van der Waals surface area contributed by atoms with Crippen molar-refractivity contribution in [3.05, 3.63) is 104 Å². The maximum Gasteiger partial charge on any atom is 0.338 e. The van der Waals surface area contributed by atoms with E-state index in [0.717, 1.165) is 11.8 Å². The van der Waals surface area contributed by atoms with E-state index in [1.54, 1.807) is 50.4 Å². The first-order chi connectivity index (χ1) is 21.6. The van der Waals surface area contributed by atoms with E-state index < -0.39 is 17.3 Å². The van der Waals surface area contributed by atoms with Crippen LogP contribution in [0.3, 0.4) is 0 Å². The van der Waals surface area contributed by atoms with Gasteiger partial charge < -0.3 is 14.4 Å². The molecule has 5 aromatic heterocycles. The Balaban J connectivity index is 1.37. The second-order valence-corrected chi connectivity index (χ2v) is 11.7. The number of aromatic carboxylic acids is 1. The molecule has 0 atom stereocenters. The number of pyridine rings is 4. The number of hydrogen-bond acceptors (Lipinski definition) is 8. The van der Waals surface area contributed by atoms with Gasteiger partial charge in [0.25, 0.3) is 5.56 Å². The molecule has 0 fully saturated rings. The second kappa shape index (κ2) is 11.7. The molecule has 0 aliphatic carbocycles. The molecule has 0 radical (unpaired) electrons. The van der Waals surface area contributed by atoms with Gasteiger partial charge in [0.15, 0.2) is 0 Å². The van der Waals surface area contributed by atoms with Crippen LogP contribution in [-0.2, 0) is 6.54 Å². The van der Waals surface area contributed by atoms with Crippen molar-refractivity contribution in [1.29, 1.82) is 5.26 Å². The summed E-state index contributed by atoms with van der Waals surface area (Å²) in [6.45, 7) is 5.49. The highest BCUT2D eigenvalue weighted by Crippen LogP contribution is 2.40. The van der Waals surface area contributed by atoms with Gasteiger partial charge in [0.1, 0.15) is 24.2 Å². The summed E-state index contributed by atoms with van der Waals surface area (Å²) in [6, 6.07) is 12.1. The van der Waals surface area contributed by atoms with Crippen LogP contribution in [0.2, 0.25) is 5.02 Å². The number of halogens is 2. The largest absolute Gasteiger partial charge is 0.491 e. The minimum atomic E-state index is -1.06. The molecule has 224 valence electrons. The van der Waals surface area contributed by atoms with E-state index in [1.807, 2.05) is 6.07 Å². The molecule has 0 aliphatic heterocycles. The van der Waals surface area contributed by atoms with Crippen molar-refractivity contribution in [2.75, 3.05) is 6.61 Å². The van der Waals surface area contributed by atoms with Gasteiger partial charge >= 0.3 is 5.97 Å². The van der Waals surface area contributed by atoms with E-state index in [9.17, 15) is 24.3 Å². The summed E-state index contributed by atoms with van der Waals surface area (Å²) in [5, 5.41) is 22.4. The van der Waals surface area contributed by atoms with Gasteiger partial charge in [0.2, 0.25) is 0 Å². The van der Waals surface area contributed by atoms with Crippen LogP contribution in [-0.4, -0.2) is 37.2 Å². The Kier molecular flexibility index (Phi) is 7.78. The number of carboxylic acid groups (broad SMARTS) is 1. The van der Waals surface area contributed by atoms with Crippen LogP contribution in [0.15, 0.2) is 59.0 Å². The first-order valence-corrected chi connectivity index (χ1v) is 14.9. The van der Waals surface area contributed by atoms with E-state index >= 15 is 0 Å². The van der Waals surface area contributed by atoms with Gasteiger partial charge in [-0.2, -0.15) is 5.26 Å². The molecule has 0 bridgehead atoms. The molecule has 0 unspecified atom stereocenters. The third kappa shape index (κ3) is 5.39. The summed E-state index contributed by atoms with van der Waals surface area (Å²) >= 11 is 7.65. The third-order valence-electron chi connectivity index (χ3n) is 7.46. The van der Waals surface area contributed by atoms with Crippen LogP contribution in [0.4, 0.5) is 4.39 Å². The molecule has 0 spiro atoms. The van der Waals surface area contributed by atoms with E-state index in [2.05, 4.69) is 21.0 Å². The number of benzene rings is 1. The number of aryl methyl sites for hydroxylation is 3. The lowest BCUT2D eigenvalue weighted by Crippen LogP contribution is -2.26. The fourth-order valence-corrected chi connectivity index (χ4v) is 6.56. The van der Waals surface area contributed by atoms with E-state index in [-0.39, 0.29) is 35.4 Å². The predicted molar refractivity (Wildman–Crippen MR) is 171 cm³/mol. The zero-order chi connectivity index (χ0) is 32.0. The fraction of sp³-hybridized carbons (Fsp3) is 0.152. The molecule has 45 heavy (non-hydrogen) atoms. The van der Waals surface area contributed by atoms with Crippen molar-refractivity contribution in [3.8, 4) is 34.2 Å². The maximum atomic E-state index is 14.1. The van der Waals surface area contributed by atoms with Crippen molar-refractivity contribution >= 4 is 49.9 Å². The van der Waals surface area contributed by atoms with Gasteiger partial charge in [-0.25, -0.2) is 9.18 Å². The van der Waals surface area contributed by atoms with Gasteiger partial charge in [-0.15, -0.1) is 11.3 Å². The Morgan fingerprint density at radius 2 is 1.91 bits per heavy atom. The predicted octanol–water partition coefficient (Wildman–Crippen LogP) is 7.10. The Morgan fingerprint density at radius 1 is 1.11 bits per heavy atom. The van der Waals surface area contributed by atoms with Gasteiger partial charge in [0, 0.05) is 55.8 Å². The Bertz CT molecular complexity index is 2290. The molecular formula is C33H23ClFN5O4S. The molecule has 0 saturated heterocycles. The van der Waals surface area contributed by atoms with Gasteiger partial charge in [0.05, 0.1) is 45.2 Å². The third-order valence-corrected chi connectivity index (χ3v) is 8.70. The molecule has 0 saturated carbocycles. The van der Waals surface area contributed by atoms with Crippen molar-refractivity contribution in [2.24, 2.45) is 0 Å². The molecule has 0 aliphatic rings. The standard InChI is InChI=1S/C33H23ClFN5O4S/c1-16-8-24(31-30(39-16)26(15-45-31)33(42)43)23-10-20(34)4-5-27(23)44-7-6-40-17(2)9-19-13-38-29(25(12-36)28(19)32(40)41)22-11-21(35)14-37-18(22)3/h4-5,8-11,13-15H,6-7H2,1-3H3,(H,42,43). The van der Waals surface area contributed by atoms with Crippen molar-refractivity contribution < 1.29 is 19.0 Å². The molecule has 1 N–H and O–H groups in total. The van der Waals surface area contributed by atoms with Crippen molar-refractivity contribution in [1.82, 2.24) is 19.5 Å². The zero-order valence-corrected chi connectivity index (χ0v) is 25.8. The Morgan fingerprint density at radius 3 is 2.67 bits per heavy atom. The number of carbonyl (C=O) groups is 1. The lowest BCUT2D eigenvalue weighted by Gasteiger charge is -2.16. The number of hydrogen-bond donors (Lipinski definition) is 1. The topological polar surface area (TPSA) is 131 Å². The SMILES string of the molecule is Cc1cc(-c2cc(Cl)ccc2OCCn2c(C)cc3cnc(-c4cc(F)cnc4C)c(C#N)c3c2=O)c2scc(C(=O)O)c2n1. The fourth-order valence-electron chi connectivity index (χ4n) is 5.38. The van der Waals surface area contributed by atoms with Gasteiger partial charge in [-0.1, -0.05) is 11.6 Å². The first-order valence-electron chi connectivity index (χ1n) is 13.7. The number of aromatic nitrogens is 4. The zero-order valence-electron chi connectivity index (χ0n) is 24.2. The molecule has 12 heteroatoms. The lowest BCUT2D eigenvalue weighted by atomic mass is 10.0. The summed E-state index contributed by atoms with van der Waals surface area (Å²) in [5.41, 5.74) is 3.79. The molecule has 6 rings (SSSR count). The number of thiophene rings is 1. The summed E-state index contributed by atoms with van der Waals surface area (Å²) < 4.78 is 22.5. The minimum absolute atomic E-state index is 0.0383.